The molecule has 0 aliphatic heterocycles. The summed E-state index contributed by atoms with van der Waals surface area (Å²) in [7, 11) is 0. The van der Waals surface area contributed by atoms with E-state index in [1.165, 1.54) is 0 Å². The molecule has 0 N–H and O–H groups in total. The normalized spacial score (nSPS) is 12.6. The third-order valence-corrected chi connectivity index (χ3v) is 4.35. The zero-order chi connectivity index (χ0) is 18.6. The van der Waals surface area contributed by atoms with Crippen molar-refractivity contribution >= 4 is 16.9 Å². The van der Waals surface area contributed by atoms with Crippen LogP contribution < -0.4 is 4.74 Å². The molecule has 1 atom stereocenters. The number of fused-ring (bicyclic) bond motifs is 1. The zero-order valence-electron chi connectivity index (χ0n) is 16.4. The fourth-order valence-electron chi connectivity index (χ4n) is 3.29. The number of aromatic nitrogens is 1. The Morgan fingerprint density at radius 3 is 2.52 bits per heavy atom. The highest BCUT2D eigenvalue weighted by Gasteiger charge is 2.22. The van der Waals surface area contributed by atoms with Crippen LogP contribution in [0.4, 0.5) is 0 Å². The van der Waals surface area contributed by atoms with Crippen LogP contribution in [0.15, 0.2) is 18.2 Å². The average Bonchev–Trinajstić information content (AvgIpc) is 2.79. The Morgan fingerprint density at radius 2 is 1.92 bits per heavy atom. The average molecular weight is 345 g/mol. The molecule has 1 heterocycles. The smallest absolute Gasteiger partial charge is 0.340 e. The minimum absolute atomic E-state index is 0.160. The Hall–Kier alpha value is -1.97. The van der Waals surface area contributed by atoms with Gasteiger partial charge in [0, 0.05) is 23.1 Å². The number of rotatable bonds is 8. The van der Waals surface area contributed by atoms with Gasteiger partial charge in [0.1, 0.15) is 5.75 Å². The van der Waals surface area contributed by atoms with Gasteiger partial charge in [-0.15, -0.1) is 0 Å². The summed E-state index contributed by atoms with van der Waals surface area (Å²) in [6, 6.07) is 6.04. The molecule has 2 aromatic rings. The molecule has 0 saturated carbocycles. The molecule has 0 spiro atoms. The van der Waals surface area contributed by atoms with Gasteiger partial charge in [0.15, 0.2) is 0 Å². The molecule has 0 bridgehead atoms. The van der Waals surface area contributed by atoms with Crippen LogP contribution in [0.1, 0.15) is 63.5 Å². The van der Waals surface area contributed by atoms with Crippen molar-refractivity contribution in [3.05, 3.63) is 29.5 Å². The lowest BCUT2D eigenvalue weighted by atomic mass is 10.1. The molecule has 0 amide bonds. The first-order valence-electron chi connectivity index (χ1n) is 9.35. The molecule has 0 aliphatic rings. The molecule has 4 heteroatoms. The Labute approximate surface area is 151 Å². The van der Waals surface area contributed by atoms with Gasteiger partial charge >= 0.3 is 5.97 Å². The molecule has 0 radical (unpaired) electrons. The van der Waals surface area contributed by atoms with Crippen LogP contribution in [0.25, 0.3) is 10.9 Å². The summed E-state index contributed by atoms with van der Waals surface area (Å²) in [5, 5.41) is 0.915. The maximum absolute atomic E-state index is 12.5. The standard InChI is InChI=1S/C21H31NO3/c1-7-9-15(5)25-17-10-11-19-18(12-17)20(21(23)24-8-2)16(6)22(19)13-14(3)4/h10-12,14-15H,7-9,13H2,1-6H3/t15-/m1/s1. The summed E-state index contributed by atoms with van der Waals surface area (Å²) in [6.07, 6.45) is 2.25. The van der Waals surface area contributed by atoms with Crippen molar-refractivity contribution in [1.29, 1.82) is 0 Å². The van der Waals surface area contributed by atoms with E-state index in [1.54, 1.807) is 0 Å². The number of hydrogen-bond acceptors (Lipinski definition) is 3. The van der Waals surface area contributed by atoms with Gasteiger partial charge in [-0.3, -0.25) is 0 Å². The van der Waals surface area contributed by atoms with Crippen LogP contribution in [0.5, 0.6) is 5.75 Å². The predicted octanol–water partition coefficient (Wildman–Crippen LogP) is 5.35. The maximum atomic E-state index is 12.5. The lowest BCUT2D eigenvalue weighted by molar-refractivity contribution is 0.0527. The number of carbonyl (C=O) groups is 1. The largest absolute Gasteiger partial charge is 0.491 e. The van der Waals surface area contributed by atoms with Crippen LogP contribution in [0.2, 0.25) is 0 Å². The van der Waals surface area contributed by atoms with Crippen LogP contribution in [-0.2, 0) is 11.3 Å². The topological polar surface area (TPSA) is 40.5 Å². The van der Waals surface area contributed by atoms with Gasteiger partial charge in [0.2, 0.25) is 0 Å². The number of carbonyl (C=O) groups excluding carboxylic acids is 1. The Kier molecular flexibility index (Phi) is 6.51. The van der Waals surface area contributed by atoms with Crippen molar-refractivity contribution in [2.45, 2.75) is 67.0 Å². The van der Waals surface area contributed by atoms with Crippen molar-refractivity contribution < 1.29 is 14.3 Å². The molecule has 1 aromatic heterocycles. The molecule has 4 nitrogen and oxygen atoms in total. The highest BCUT2D eigenvalue weighted by atomic mass is 16.5. The summed E-state index contributed by atoms with van der Waals surface area (Å²) < 4.78 is 13.5. The molecule has 0 aliphatic carbocycles. The summed E-state index contributed by atoms with van der Waals surface area (Å²) >= 11 is 0. The quantitative estimate of drug-likeness (QED) is 0.606. The van der Waals surface area contributed by atoms with E-state index in [9.17, 15) is 4.79 Å². The van der Waals surface area contributed by atoms with Gasteiger partial charge in [-0.1, -0.05) is 27.2 Å². The fraction of sp³-hybridized carbons (Fsp3) is 0.571. The SMILES string of the molecule is CCC[C@@H](C)Oc1ccc2c(c1)c(C(=O)OCC)c(C)n2CC(C)C. The molecular weight excluding hydrogens is 314 g/mol. The highest BCUT2D eigenvalue weighted by Crippen LogP contribution is 2.31. The Bertz CT molecular complexity index is 730. The summed E-state index contributed by atoms with van der Waals surface area (Å²) in [6.45, 7) is 13.7. The second-order valence-electron chi connectivity index (χ2n) is 7.08. The number of esters is 1. The summed E-state index contributed by atoms with van der Waals surface area (Å²) in [5.41, 5.74) is 2.68. The molecule has 0 fully saturated rings. The van der Waals surface area contributed by atoms with Gasteiger partial charge in [-0.25, -0.2) is 4.79 Å². The second-order valence-corrected chi connectivity index (χ2v) is 7.08. The van der Waals surface area contributed by atoms with E-state index in [-0.39, 0.29) is 12.1 Å². The van der Waals surface area contributed by atoms with E-state index in [1.807, 2.05) is 26.0 Å². The van der Waals surface area contributed by atoms with Crippen molar-refractivity contribution in [1.82, 2.24) is 4.57 Å². The van der Waals surface area contributed by atoms with Gasteiger partial charge in [0.05, 0.1) is 18.3 Å². The summed E-state index contributed by atoms with van der Waals surface area (Å²) in [4.78, 5) is 12.5. The van der Waals surface area contributed by atoms with Crippen molar-refractivity contribution in [3.8, 4) is 5.75 Å². The van der Waals surface area contributed by atoms with Crippen LogP contribution in [0.3, 0.4) is 0 Å². The predicted molar refractivity (Wildman–Crippen MR) is 102 cm³/mol. The summed E-state index contributed by atoms with van der Waals surface area (Å²) in [5.74, 6) is 1.04. The first-order valence-corrected chi connectivity index (χ1v) is 9.35. The highest BCUT2D eigenvalue weighted by molar-refractivity contribution is 6.06. The number of nitrogens with zero attached hydrogens (tertiary/aromatic N) is 1. The van der Waals surface area contributed by atoms with Gasteiger partial charge in [0.25, 0.3) is 0 Å². The van der Waals surface area contributed by atoms with Crippen molar-refractivity contribution in [2.24, 2.45) is 5.92 Å². The van der Waals surface area contributed by atoms with E-state index < -0.39 is 0 Å². The van der Waals surface area contributed by atoms with E-state index in [4.69, 9.17) is 9.47 Å². The minimum atomic E-state index is -0.258. The maximum Gasteiger partial charge on any atom is 0.340 e. The lowest BCUT2D eigenvalue weighted by Gasteiger charge is -2.14. The first-order chi connectivity index (χ1) is 11.9. The third kappa shape index (κ3) is 4.36. The van der Waals surface area contributed by atoms with E-state index >= 15 is 0 Å². The molecule has 138 valence electrons. The molecule has 25 heavy (non-hydrogen) atoms. The first kappa shape index (κ1) is 19.4. The van der Waals surface area contributed by atoms with E-state index in [0.717, 1.165) is 41.7 Å². The monoisotopic (exact) mass is 345 g/mol. The molecule has 2 rings (SSSR count). The number of hydrogen-bond donors (Lipinski definition) is 0. The Morgan fingerprint density at radius 1 is 1.20 bits per heavy atom. The van der Waals surface area contributed by atoms with Gasteiger partial charge in [-0.05, 0) is 51.3 Å². The second kappa shape index (κ2) is 8.41. The van der Waals surface area contributed by atoms with Crippen LogP contribution in [-0.4, -0.2) is 23.2 Å². The molecule has 1 aromatic carbocycles. The minimum Gasteiger partial charge on any atom is -0.491 e. The van der Waals surface area contributed by atoms with Gasteiger partial charge < -0.3 is 14.0 Å². The number of benzene rings is 1. The number of ether oxygens (including phenoxy) is 2. The molecular formula is C21H31NO3. The van der Waals surface area contributed by atoms with E-state index in [2.05, 4.69) is 38.3 Å². The molecule has 0 unspecified atom stereocenters. The fourth-order valence-corrected chi connectivity index (χ4v) is 3.29. The van der Waals surface area contributed by atoms with Crippen molar-refractivity contribution in [3.63, 3.8) is 0 Å². The van der Waals surface area contributed by atoms with Crippen LogP contribution in [0, 0.1) is 12.8 Å². The zero-order valence-corrected chi connectivity index (χ0v) is 16.4. The Balaban J connectivity index is 2.53. The third-order valence-electron chi connectivity index (χ3n) is 4.35. The van der Waals surface area contributed by atoms with Gasteiger partial charge in [-0.2, -0.15) is 0 Å². The lowest BCUT2D eigenvalue weighted by Crippen LogP contribution is -2.11. The van der Waals surface area contributed by atoms with E-state index in [0.29, 0.717) is 18.1 Å². The van der Waals surface area contributed by atoms with Crippen molar-refractivity contribution in [2.75, 3.05) is 6.61 Å². The van der Waals surface area contributed by atoms with Crippen LogP contribution >= 0.6 is 0 Å². The molecule has 0 saturated heterocycles.